The number of aromatic carboxylic acids is 1. The van der Waals surface area contributed by atoms with Gasteiger partial charge in [-0.25, -0.2) is 19.2 Å². The van der Waals surface area contributed by atoms with Gasteiger partial charge in [0.2, 0.25) is 16.7 Å². The van der Waals surface area contributed by atoms with E-state index in [-0.39, 0.29) is 60.5 Å². The number of methoxy groups -OCH3 is 5. The molecule has 504 valence electrons. The number of nitrogens with two attached hydrogens (primary N) is 1. The Kier molecular flexibility index (Phi) is 40.0. The van der Waals surface area contributed by atoms with E-state index in [1.165, 1.54) is 25.0 Å². The molecule has 0 aliphatic rings. The quantitative estimate of drug-likeness (QED) is 0.00665. The molecule has 5 aromatic carbocycles. The number of hydrogen-bond acceptors (Lipinski definition) is 29. The summed E-state index contributed by atoms with van der Waals surface area (Å²) in [6, 6.07) is 33.7. The number of esters is 3. The van der Waals surface area contributed by atoms with Crippen molar-refractivity contribution >= 4 is 91.7 Å². The van der Waals surface area contributed by atoms with Crippen LogP contribution in [0.4, 0.5) is 0 Å². The van der Waals surface area contributed by atoms with Crippen LogP contribution in [0.15, 0.2) is 145 Å². The van der Waals surface area contributed by atoms with Crippen molar-refractivity contribution in [1.82, 2.24) is 35.7 Å². The molecular formula is C58H56Cl4N10O23. The monoisotopic (exact) mass is 1400 g/mol. The molecule has 1 amide bonds. The number of aromatic nitrogens is 6. The number of benzene rings is 5. The molecule has 0 spiro atoms. The molecular weight excluding hydrogens is 1350 g/mol. The zero-order valence-corrected chi connectivity index (χ0v) is 53.9. The van der Waals surface area contributed by atoms with Gasteiger partial charge in [0.05, 0.1) is 55.4 Å². The number of amides is 1. The number of halogens is 4. The van der Waals surface area contributed by atoms with Crippen molar-refractivity contribution < 1.29 is 120 Å². The number of amidine groups is 2. The molecule has 0 aliphatic carbocycles. The molecule has 0 radical (unpaired) electrons. The predicted molar refractivity (Wildman–Crippen MR) is 327 cm³/mol. The second-order valence-corrected chi connectivity index (χ2v) is 17.4. The van der Waals surface area contributed by atoms with Gasteiger partial charge in [0, 0.05) is 27.8 Å². The van der Waals surface area contributed by atoms with Crippen molar-refractivity contribution in [1.29, 1.82) is 0 Å². The third-order valence-corrected chi connectivity index (χ3v) is 10.8. The summed E-state index contributed by atoms with van der Waals surface area (Å²) in [5, 5.41) is 41.6. The van der Waals surface area contributed by atoms with Crippen molar-refractivity contribution in [2.24, 2.45) is 16.0 Å². The van der Waals surface area contributed by atoms with E-state index < -0.39 is 51.9 Å². The van der Waals surface area contributed by atoms with Crippen molar-refractivity contribution in [2.45, 2.75) is 20.8 Å². The first-order chi connectivity index (χ1) is 45.6. The van der Waals surface area contributed by atoms with E-state index in [9.17, 15) is 33.6 Å². The van der Waals surface area contributed by atoms with Crippen LogP contribution in [0.3, 0.4) is 0 Å². The van der Waals surface area contributed by atoms with Crippen LogP contribution in [-0.2, 0) is 33.2 Å². The third kappa shape index (κ3) is 30.0. The second kappa shape index (κ2) is 46.6. The van der Waals surface area contributed by atoms with Gasteiger partial charge in [-0.05, 0) is 176 Å². The number of carbonyl (C=O) groups is 7. The summed E-state index contributed by atoms with van der Waals surface area (Å²) < 4.78 is 60.8. The Balaban J connectivity index is 0.000000568. The maximum atomic E-state index is 11.8. The molecule has 33 nitrogen and oxygen atoms in total. The fraction of sp³-hybridized carbons (Fsp3) is 0.190. The van der Waals surface area contributed by atoms with Crippen molar-refractivity contribution in [2.75, 3.05) is 55.4 Å². The number of nitrogens with zero attached hydrogens (tertiary/aromatic N) is 8. The van der Waals surface area contributed by atoms with Gasteiger partial charge in [-0.15, -0.1) is 0 Å². The van der Waals surface area contributed by atoms with Gasteiger partial charge in [-0.1, -0.05) is 15.5 Å². The van der Waals surface area contributed by atoms with Gasteiger partial charge in [-0.3, -0.25) is 19.7 Å². The second-order valence-electron chi connectivity index (χ2n) is 16.0. The summed E-state index contributed by atoms with van der Waals surface area (Å²) >= 11 is 10.4. The molecule has 8 aromatic rings. The van der Waals surface area contributed by atoms with E-state index >= 15 is 0 Å². The number of rotatable bonds is 17. The van der Waals surface area contributed by atoms with Gasteiger partial charge < -0.3 is 77.5 Å². The fourth-order valence-electron chi connectivity index (χ4n) is 5.87. The zero-order valence-electron chi connectivity index (χ0n) is 50.8. The summed E-state index contributed by atoms with van der Waals surface area (Å²) in [6.45, 7) is 10.0. The minimum absolute atomic E-state index is 0.0809. The molecule has 37 heteroatoms. The predicted octanol–water partition coefficient (Wildman–Crippen LogP) is 7.89. The Morgan fingerprint density at radius 3 is 1.16 bits per heavy atom. The molecule has 0 aliphatic heterocycles. The topological polar surface area (TPSA) is 471 Å². The van der Waals surface area contributed by atoms with Crippen LogP contribution in [0, 0.1) is 16.7 Å². The molecule has 0 bridgehead atoms. The summed E-state index contributed by atoms with van der Waals surface area (Å²) in [7, 11) is 13.3. The molecule has 0 atom stereocenters. The van der Waals surface area contributed by atoms with Crippen LogP contribution in [0.1, 0.15) is 73.3 Å². The number of nitrogens with one attached hydrogen (secondary N) is 1. The average Bonchev–Trinajstić information content (AvgIpc) is 1.84. The molecule has 3 aromatic heterocycles. The number of carboxylic acids is 1. The summed E-state index contributed by atoms with van der Waals surface area (Å²) in [5.41, 5.74) is 7.63. The van der Waals surface area contributed by atoms with Crippen LogP contribution in [0.5, 0.6) is 28.7 Å². The van der Waals surface area contributed by atoms with Crippen molar-refractivity contribution in [3.63, 3.8) is 0 Å². The van der Waals surface area contributed by atoms with E-state index in [2.05, 4.69) is 73.0 Å². The number of oxime groups is 2. The number of hydrogen-bond donors (Lipinski definition) is 5. The number of carbonyl (C=O) groups excluding carboxylic acids is 7. The van der Waals surface area contributed by atoms with Crippen molar-refractivity contribution in [3.8, 4) is 63.1 Å². The van der Waals surface area contributed by atoms with Crippen LogP contribution in [0.25, 0.3) is 34.4 Å². The molecule has 0 saturated heterocycles. The van der Waals surface area contributed by atoms with Crippen LogP contribution in [0.2, 0.25) is 0 Å². The molecule has 0 fully saturated rings. The standard InChI is InChI=1S/C12H14N2O5.C12H12N2O4.C10H7ClN2O3.C10H8N2O4.C8H7ClO2.C4H8N2O3.CCl2O.CO/c1-3-19-12(16)10(14-17)13-11(15)8-4-6-9(18-2)7-5-8;1-3-17-12(15)10-13-11(18-14-10)8-4-6-9(16-2)7-5-8;1-15-7-4-2-6(3-5-7)10-12-9(8(11)14)13-16-10;1-15-7-4-2-6(3-5-7)9-11-8(10(13)14)12-16-9;1-11-7-4-2-6(3-5-7)8(9)10;1-2-9-4(7)3(5)6-8;2-3-1-4;1-2/h4-7,17H,3H2,1-2H3,(H,13,14,15);4-7H,3H2,1-2H3;2-5H,1H3;2-5H,1H3,(H,13,14);2-5H,1H3;8H,2H2,1H3,(H2,5,6);;. The first-order valence-corrected chi connectivity index (χ1v) is 28.1. The summed E-state index contributed by atoms with van der Waals surface area (Å²) in [5.74, 6) is -0.373. The Morgan fingerprint density at radius 2 is 0.863 bits per heavy atom. The Morgan fingerprint density at radius 1 is 0.537 bits per heavy atom. The van der Waals surface area contributed by atoms with E-state index in [1.807, 2.05) is 0 Å². The fourth-order valence-corrected chi connectivity index (χ4v) is 6.08. The van der Waals surface area contributed by atoms with Crippen LogP contribution >= 0.6 is 34.1 Å². The third-order valence-electron chi connectivity index (χ3n) is 10.2. The Hall–Kier alpha value is -11.5. The average molecular weight is 1400 g/mol. The Bertz CT molecular complexity index is 3640. The van der Waals surface area contributed by atoms with E-state index in [0.717, 1.165) is 21.5 Å². The molecule has 3 heterocycles. The maximum absolute atomic E-state index is 11.8. The van der Waals surface area contributed by atoms with Gasteiger partial charge in [0.15, 0.2) is 0 Å². The summed E-state index contributed by atoms with van der Waals surface area (Å²) in [4.78, 5) is 97.0. The normalized spacial score (nSPS) is 9.86. The molecule has 6 N–H and O–H groups in total. The molecule has 0 unspecified atom stereocenters. The number of ether oxygens (including phenoxy) is 8. The molecule has 8 rings (SSSR count). The van der Waals surface area contributed by atoms with E-state index in [1.54, 1.807) is 158 Å². The van der Waals surface area contributed by atoms with Crippen LogP contribution < -0.4 is 34.7 Å². The van der Waals surface area contributed by atoms with E-state index in [0.29, 0.717) is 39.5 Å². The van der Waals surface area contributed by atoms with Gasteiger partial charge in [0.1, 0.15) is 44.5 Å². The molecule has 0 saturated carbocycles. The Labute approximate surface area is 556 Å². The van der Waals surface area contributed by atoms with E-state index in [4.69, 9.17) is 95.9 Å². The van der Waals surface area contributed by atoms with Crippen molar-refractivity contribution in [3.05, 3.63) is 157 Å². The first kappa shape index (κ1) is 81.5. The summed E-state index contributed by atoms with van der Waals surface area (Å²) in [6.07, 6.45) is 0. The first-order valence-electron chi connectivity index (χ1n) is 25.8. The van der Waals surface area contributed by atoms with Gasteiger partial charge in [0.25, 0.3) is 57.4 Å². The SMILES string of the molecule is CCOC(=O)/C(=N\O)NC(=O)c1ccc(OC)cc1.CCOC(=O)/C(N)=N/O.CCOC(=O)c1noc(-c2ccc(OC)cc2)n1.COc1ccc(-c2nc(C(=O)Cl)no2)cc1.COc1ccc(-c2nc(C(=O)O)no2)cc1.COc1ccc(C(=O)Cl)cc1.O=[C-][Cl+]Cl.[C-]#[O+]. The van der Waals surface area contributed by atoms with Crippen LogP contribution in [-0.4, -0.2) is 159 Å². The minimum atomic E-state index is -1.22. The number of carboxylic acid groups (broad SMARTS) is 1. The molecule has 95 heavy (non-hydrogen) atoms. The zero-order chi connectivity index (χ0) is 71.3. The van der Waals surface area contributed by atoms with Gasteiger partial charge in [-0.2, -0.15) is 15.0 Å². The van der Waals surface area contributed by atoms with Gasteiger partial charge >= 0.3 is 35.2 Å².